The Hall–Kier alpha value is -3.01. The third kappa shape index (κ3) is 3.90. The molecule has 2 aromatic rings. The van der Waals surface area contributed by atoms with Crippen molar-refractivity contribution in [2.45, 2.75) is 4.90 Å². The number of halogens is 1. The number of anilines is 1. The van der Waals surface area contributed by atoms with Crippen molar-refractivity contribution in [3.63, 3.8) is 0 Å². The van der Waals surface area contributed by atoms with E-state index in [9.17, 15) is 17.6 Å². The van der Waals surface area contributed by atoms with Crippen molar-refractivity contribution < 1.29 is 36.6 Å². The van der Waals surface area contributed by atoms with E-state index in [1.165, 1.54) is 39.5 Å². The molecule has 0 aliphatic heterocycles. The minimum atomic E-state index is -4.39. The SMILES string of the molecule is COC(=O)c1cc(OC)c(OC)c(OC)c1NS(=O)(=O)c1ccccc1F. The third-order valence-electron chi connectivity index (χ3n) is 3.60. The first kappa shape index (κ1) is 20.3. The Morgan fingerprint density at radius 3 is 2.15 bits per heavy atom. The van der Waals surface area contributed by atoms with E-state index in [4.69, 9.17) is 18.9 Å². The second-order valence-corrected chi connectivity index (χ2v) is 6.75. The van der Waals surface area contributed by atoms with Gasteiger partial charge in [-0.05, 0) is 12.1 Å². The molecule has 1 N–H and O–H groups in total. The van der Waals surface area contributed by atoms with E-state index >= 15 is 0 Å². The van der Waals surface area contributed by atoms with Gasteiger partial charge in [-0.1, -0.05) is 12.1 Å². The number of carbonyl (C=O) groups excluding carboxylic acids is 1. The lowest BCUT2D eigenvalue weighted by molar-refractivity contribution is 0.0601. The number of ether oxygens (including phenoxy) is 4. The Balaban J connectivity index is 2.74. The predicted octanol–water partition coefficient (Wildman–Crippen LogP) is 2.44. The van der Waals surface area contributed by atoms with Gasteiger partial charge in [-0.3, -0.25) is 4.72 Å². The zero-order chi connectivity index (χ0) is 20.2. The molecule has 0 atom stereocenters. The van der Waals surface area contributed by atoms with Gasteiger partial charge in [-0.15, -0.1) is 0 Å². The number of benzene rings is 2. The van der Waals surface area contributed by atoms with E-state index in [-0.39, 0.29) is 28.5 Å². The Labute approximate surface area is 155 Å². The van der Waals surface area contributed by atoms with Crippen LogP contribution in [0.15, 0.2) is 35.2 Å². The van der Waals surface area contributed by atoms with Crippen LogP contribution >= 0.6 is 0 Å². The summed E-state index contributed by atoms with van der Waals surface area (Å²) in [5, 5.41) is 0. The standard InChI is InChI=1S/C17H18FNO7S/c1-23-12-9-10(17(20)26-4)14(16(25-3)15(12)24-2)19-27(21,22)13-8-6-5-7-11(13)18/h5-9,19H,1-4H3. The van der Waals surface area contributed by atoms with Crippen LogP contribution in [-0.4, -0.2) is 42.8 Å². The van der Waals surface area contributed by atoms with Gasteiger partial charge in [0.1, 0.15) is 16.4 Å². The second kappa shape index (κ2) is 8.12. The van der Waals surface area contributed by atoms with Crippen molar-refractivity contribution in [1.82, 2.24) is 0 Å². The van der Waals surface area contributed by atoms with E-state index in [0.29, 0.717) is 0 Å². The minimum absolute atomic E-state index is 0.0406. The van der Waals surface area contributed by atoms with Gasteiger partial charge in [-0.25, -0.2) is 17.6 Å². The van der Waals surface area contributed by atoms with E-state index in [0.717, 1.165) is 19.2 Å². The lowest BCUT2D eigenvalue weighted by Crippen LogP contribution is -2.18. The van der Waals surface area contributed by atoms with Crippen LogP contribution in [0.1, 0.15) is 10.4 Å². The molecule has 0 saturated heterocycles. The van der Waals surface area contributed by atoms with E-state index in [1.807, 2.05) is 0 Å². The number of sulfonamides is 1. The van der Waals surface area contributed by atoms with Crippen LogP contribution < -0.4 is 18.9 Å². The molecule has 146 valence electrons. The number of carbonyl (C=O) groups is 1. The van der Waals surface area contributed by atoms with Gasteiger partial charge in [0.25, 0.3) is 10.0 Å². The minimum Gasteiger partial charge on any atom is -0.493 e. The summed E-state index contributed by atoms with van der Waals surface area (Å²) < 4.78 is 61.8. The number of methoxy groups -OCH3 is 4. The quantitative estimate of drug-likeness (QED) is 0.714. The molecule has 0 bridgehead atoms. The van der Waals surface area contributed by atoms with Crippen LogP contribution in [0.2, 0.25) is 0 Å². The van der Waals surface area contributed by atoms with Gasteiger partial charge in [0.2, 0.25) is 5.75 Å². The average molecular weight is 399 g/mol. The molecule has 0 heterocycles. The van der Waals surface area contributed by atoms with Crippen LogP contribution in [0, 0.1) is 5.82 Å². The second-order valence-electron chi connectivity index (χ2n) is 5.10. The summed E-state index contributed by atoms with van der Waals surface area (Å²) in [5.74, 6) is -1.79. The lowest BCUT2D eigenvalue weighted by atomic mass is 10.1. The highest BCUT2D eigenvalue weighted by atomic mass is 32.2. The van der Waals surface area contributed by atoms with E-state index in [1.54, 1.807) is 0 Å². The van der Waals surface area contributed by atoms with E-state index in [2.05, 4.69) is 4.72 Å². The summed E-state index contributed by atoms with van der Waals surface area (Å²) in [5.41, 5.74) is -0.475. The fourth-order valence-corrected chi connectivity index (χ4v) is 3.54. The van der Waals surface area contributed by atoms with Gasteiger partial charge in [-0.2, -0.15) is 0 Å². The van der Waals surface area contributed by atoms with Crippen LogP contribution in [0.3, 0.4) is 0 Å². The van der Waals surface area contributed by atoms with E-state index < -0.39 is 26.7 Å². The Bertz CT molecular complexity index is 960. The topological polar surface area (TPSA) is 100 Å². The number of nitrogens with one attached hydrogen (secondary N) is 1. The summed E-state index contributed by atoms with van der Waals surface area (Å²) in [7, 11) is 0.628. The molecule has 10 heteroatoms. The molecule has 0 aliphatic rings. The maximum absolute atomic E-state index is 14.0. The van der Waals surface area contributed by atoms with Crippen LogP contribution in [-0.2, 0) is 14.8 Å². The highest BCUT2D eigenvalue weighted by Crippen LogP contribution is 2.46. The van der Waals surface area contributed by atoms with Crippen molar-refractivity contribution in [2.75, 3.05) is 33.2 Å². The maximum atomic E-state index is 14.0. The smallest absolute Gasteiger partial charge is 0.340 e. The molecule has 2 rings (SSSR count). The first-order valence-electron chi connectivity index (χ1n) is 7.49. The molecule has 8 nitrogen and oxygen atoms in total. The highest BCUT2D eigenvalue weighted by molar-refractivity contribution is 7.92. The van der Waals surface area contributed by atoms with Gasteiger partial charge < -0.3 is 18.9 Å². The van der Waals surface area contributed by atoms with Crippen LogP contribution in [0.4, 0.5) is 10.1 Å². The molecule has 0 unspecified atom stereocenters. The average Bonchev–Trinajstić information content (AvgIpc) is 2.66. The Kier molecular flexibility index (Phi) is 6.11. The molecule has 0 aliphatic carbocycles. The number of rotatable bonds is 7. The Morgan fingerprint density at radius 1 is 1.00 bits per heavy atom. The van der Waals surface area contributed by atoms with Crippen molar-refractivity contribution in [1.29, 1.82) is 0 Å². The summed E-state index contributed by atoms with van der Waals surface area (Å²) in [6.07, 6.45) is 0. The molecular formula is C17H18FNO7S. The van der Waals surface area contributed by atoms with Gasteiger partial charge in [0, 0.05) is 6.07 Å². The first-order chi connectivity index (χ1) is 12.8. The third-order valence-corrected chi connectivity index (χ3v) is 4.98. The van der Waals surface area contributed by atoms with Crippen LogP contribution in [0.5, 0.6) is 17.2 Å². The fraction of sp³-hybridized carbons (Fsp3) is 0.235. The molecule has 0 radical (unpaired) electrons. The first-order valence-corrected chi connectivity index (χ1v) is 8.97. The van der Waals surface area contributed by atoms with Crippen LogP contribution in [0.25, 0.3) is 0 Å². The largest absolute Gasteiger partial charge is 0.493 e. The maximum Gasteiger partial charge on any atom is 0.340 e. The van der Waals surface area contributed by atoms with Gasteiger partial charge >= 0.3 is 5.97 Å². The number of esters is 1. The molecule has 0 fully saturated rings. The molecule has 0 saturated carbocycles. The highest BCUT2D eigenvalue weighted by Gasteiger charge is 2.29. The molecular weight excluding hydrogens is 381 g/mol. The number of hydrogen-bond donors (Lipinski definition) is 1. The predicted molar refractivity (Wildman–Crippen MR) is 94.6 cm³/mol. The monoisotopic (exact) mass is 399 g/mol. The van der Waals surface area contributed by atoms with Gasteiger partial charge in [0.05, 0.1) is 34.0 Å². The van der Waals surface area contributed by atoms with Gasteiger partial charge in [0.15, 0.2) is 11.5 Å². The Morgan fingerprint density at radius 2 is 1.63 bits per heavy atom. The molecule has 27 heavy (non-hydrogen) atoms. The zero-order valence-corrected chi connectivity index (χ0v) is 15.8. The summed E-state index contributed by atoms with van der Waals surface area (Å²) in [4.78, 5) is 11.6. The van der Waals surface area contributed by atoms with Crippen molar-refractivity contribution >= 4 is 21.7 Å². The molecule has 0 spiro atoms. The summed E-state index contributed by atoms with van der Waals surface area (Å²) >= 11 is 0. The fourth-order valence-electron chi connectivity index (χ4n) is 2.38. The normalized spacial score (nSPS) is 10.9. The molecule has 0 amide bonds. The van der Waals surface area contributed by atoms with Crippen molar-refractivity contribution in [3.05, 3.63) is 41.7 Å². The number of hydrogen-bond acceptors (Lipinski definition) is 7. The van der Waals surface area contributed by atoms with Crippen molar-refractivity contribution in [2.24, 2.45) is 0 Å². The summed E-state index contributed by atoms with van der Waals surface area (Å²) in [6.45, 7) is 0. The molecule has 2 aromatic carbocycles. The summed E-state index contributed by atoms with van der Waals surface area (Å²) in [6, 6.07) is 6.03. The van der Waals surface area contributed by atoms with Crippen molar-refractivity contribution in [3.8, 4) is 17.2 Å². The zero-order valence-electron chi connectivity index (χ0n) is 15.0. The lowest BCUT2D eigenvalue weighted by Gasteiger charge is -2.19. The molecule has 0 aromatic heterocycles.